The molecule has 0 saturated carbocycles. The summed E-state index contributed by atoms with van der Waals surface area (Å²) in [4.78, 5) is 11.7. The zero-order valence-electron chi connectivity index (χ0n) is 10.2. The molecule has 3 nitrogen and oxygen atoms in total. The maximum atomic E-state index is 11.7. The van der Waals surface area contributed by atoms with E-state index < -0.39 is 0 Å². The molecule has 3 rings (SSSR count). The van der Waals surface area contributed by atoms with E-state index in [1.165, 1.54) is 5.56 Å². The number of hydrogen-bond donors (Lipinski definition) is 0. The maximum absolute atomic E-state index is 11.7. The van der Waals surface area contributed by atoms with E-state index in [9.17, 15) is 4.79 Å². The topological polar surface area (TPSA) is 39.4 Å². The van der Waals surface area contributed by atoms with Gasteiger partial charge in [-0.2, -0.15) is 0 Å². The zero-order valence-corrected chi connectivity index (χ0v) is 10.2. The van der Waals surface area contributed by atoms with Crippen LogP contribution in [0.5, 0.6) is 5.75 Å². The second kappa shape index (κ2) is 3.36. The first-order valence-corrected chi connectivity index (χ1v) is 5.79. The first-order chi connectivity index (χ1) is 8.09. The van der Waals surface area contributed by atoms with Crippen molar-refractivity contribution < 1.29 is 9.15 Å². The lowest BCUT2D eigenvalue weighted by molar-refractivity contribution is 0.285. The van der Waals surface area contributed by atoms with Crippen molar-refractivity contribution in [3.8, 4) is 5.75 Å². The second-order valence-corrected chi connectivity index (χ2v) is 4.73. The summed E-state index contributed by atoms with van der Waals surface area (Å²) in [5.41, 5.74) is 3.11. The van der Waals surface area contributed by atoms with Gasteiger partial charge in [0.2, 0.25) is 0 Å². The van der Waals surface area contributed by atoms with Crippen molar-refractivity contribution in [2.45, 2.75) is 26.7 Å². The van der Waals surface area contributed by atoms with Crippen molar-refractivity contribution in [3.63, 3.8) is 0 Å². The monoisotopic (exact) mass is 230 g/mol. The van der Waals surface area contributed by atoms with E-state index in [0.717, 1.165) is 10.9 Å². The highest BCUT2D eigenvalue weighted by molar-refractivity contribution is 5.91. The standard InChI is InChI=1S/C14H14O3/c1-7-4-5-10-8(2)6-16-13-9(3)14(15)17-12(7)11(10)13/h4-5,8H,6H2,1-3H3/t8-/m0/s1. The molecule has 1 aliphatic rings. The van der Waals surface area contributed by atoms with Crippen molar-refractivity contribution in [2.24, 2.45) is 0 Å². The molecule has 0 fully saturated rings. The van der Waals surface area contributed by atoms with Crippen LogP contribution in [0.4, 0.5) is 0 Å². The molecule has 0 bridgehead atoms. The highest BCUT2D eigenvalue weighted by atomic mass is 16.5. The minimum absolute atomic E-state index is 0.303. The Hall–Kier alpha value is -1.77. The molecule has 2 heterocycles. The summed E-state index contributed by atoms with van der Waals surface area (Å²) in [6.07, 6.45) is 0. The van der Waals surface area contributed by atoms with E-state index in [2.05, 4.69) is 13.0 Å². The fraction of sp³-hybridized carbons (Fsp3) is 0.357. The SMILES string of the molecule is Cc1c2c3c(ccc(C)c3oc1=O)[C@@H](C)CO2. The Kier molecular flexibility index (Phi) is 2.05. The Morgan fingerprint density at radius 2 is 2.06 bits per heavy atom. The molecule has 1 aliphatic heterocycles. The Morgan fingerprint density at radius 3 is 2.82 bits per heavy atom. The molecule has 1 atom stereocenters. The lowest BCUT2D eigenvalue weighted by Crippen LogP contribution is -2.17. The molecular formula is C14H14O3. The zero-order chi connectivity index (χ0) is 12.2. The molecule has 1 aromatic carbocycles. The van der Waals surface area contributed by atoms with Gasteiger partial charge in [0, 0.05) is 5.92 Å². The summed E-state index contributed by atoms with van der Waals surface area (Å²) in [6, 6.07) is 4.11. The number of hydrogen-bond acceptors (Lipinski definition) is 3. The van der Waals surface area contributed by atoms with Gasteiger partial charge in [0.05, 0.1) is 17.6 Å². The highest BCUT2D eigenvalue weighted by Gasteiger charge is 2.24. The molecule has 1 aromatic heterocycles. The van der Waals surface area contributed by atoms with Gasteiger partial charge < -0.3 is 9.15 Å². The molecule has 17 heavy (non-hydrogen) atoms. The van der Waals surface area contributed by atoms with Crippen molar-refractivity contribution in [2.75, 3.05) is 6.61 Å². The van der Waals surface area contributed by atoms with E-state index in [4.69, 9.17) is 9.15 Å². The minimum atomic E-state index is -0.303. The smallest absolute Gasteiger partial charge is 0.342 e. The molecule has 0 N–H and O–H groups in total. The van der Waals surface area contributed by atoms with E-state index >= 15 is 0 Å². The Bertz CT molecular complexity index is 667. The summed E-state index contributed by atoms with van der Waals surface area (Å²) >= 11 is 0. The van der Waals surface area contributed by atoms with Gasteiger partial charge in [-0.25, -0.2) is 4.79 Å². The van der Waals surface area contributed by atoms with E-state index in [0.29, 0.717) is 29.4 Å². The lowest BCUT2D eigenvalue weighted by Gasteiger charge is -2.24. The van der Waals surface area contributed by atoms with Crippen LogP contribution in [0.25, 0.3) is 11.0 Å². The van der Waals surface area contributed by atoms with Crippen LogP contribution < -0.4 is 10.4 Å². The van der Waals surface area contributed by atoms with Gasteiger partial charge in [-0.1, -0.05) is 19.1 Å². The van der Waals surface area contributed by atoms with Crippen LogP contribution >= 0.6 is 0 Å². The predicted molar refractivity (Wildman–Crippen MR) is 65.9 cm³/mol. The molecule has 0 radical (unpaired) electrons. The molecule has 0 unspecified atom stereocenters. The van der Waals surface area contributed by atoms with Crippen LogP contribution in [-0.2, 0) is 0 Å². The first-order valence-electron chi connectivity index (χ1n) is 5.79. The van der Waals surface area contributed by atoms with Crippen LogP contribution in [0.1, 0.15) is 29.5 Å². The third-order valence-corrected chi connectivity index (χ3v) is 3.46. The predicted octanol–water partition coefficient (Wildman–Crippen LogP) is 2.91. The quantitative estimate of drug-likeness (QED) is 0.653. The normalized spacial score (nSPS) is 18.2. The minimum Gasteiger partial charge on any atom is -0.492 e. The molecule has 0 saturated heterocycles. The van der Waals surface area contributed by atoms with Gasteiger partial charge in [-0.3, -0.25) is 0 Å². The molecule has 2 aromatic rings. The summed E-state index contributed by atoms with van der Waals surface area (Å²) in [5.74, 6) is 1.03. The van der Waals surface area contributed by atoms with Crippen molar-refractivity contribution >= 4 is 11.0 Å². The number of rotatable bonds is 0. The Balaban J connectivity index is 2.57. The van der Waals surface area contributed by atoms with Gasteiger partial charge in [0.1, 0.15) is 11.3 Å². The van der Waals surface area contributed by atoms with Crippen molar-refractivity contribution in [3.05, 3.63) is 39.2 Å². The average Bonchev–Trinajstić information content (AvgIpc) is 2.31. The number of benzene rings is 1. The van der Waals surface area contributed by atoms with Crippen LogP contribution in [0, 0.1) is 13.8 Å². The van der Waals surface area contributed by atoms with E-state index in [1.54, 1.807) is 6.92 Å². The average molecular weight is 230 g/mol. The Morgan fingerprint density at radius 1 is 1.29 bits per heavy atom. The van der Waals surface area contributed by atoms with Gasteiger partial charge >= 0.3 is 5.63 Å². The molecule has 0 spiro atoms. The van der Waals surface area contributed by atoms with E-state index in [1.807, 2.05) is 13.0 Å². The molecule has 3 heteroatoms. The molecule has 88 valence electrons. The van der Waals surface area contributed by atoms with Gasteiger partial charge in [0.15, 0.2) is 0 Å². The molecular weight excluding hydrogens is 216 g/mol. The van der Waals surface area contributed by atoms with Crippen LogP contribution in [0.3, 0.4) is 0 Å². The fourth-order valence-electron chi connectivity index (χ4n) is 2.41. The summed E-state index contributed by atoms with van der Waals surface area (Å²) in [6.45, 7) is 6.44. The molecule has 0 amide bonds. The molecule has 0 aliphatic carbocycles. The van der Waals surface area contributed by atoms with E-state index in [-0.39, 0.29) is 5.63 Å². The second-order valence-electron chi connectivity index (χ2n) is 4.73. The van der Waals surface area contributed by atoms with Crippen LogP contribution in [0.15, 0.2) is 21.3 Å². The highest BCUT2D eigenvalue weighted by Crippen LogP contribution is 2.39. The van der Waals surface area contributed by atoms with Crippen molar-refractivity contribution in [1.82, 2.24) is 0 Å². The summed E-state index contributed by atoms with van der Waals surface area (Å²) in [5, 5.41) is 0.973. The summed E-state index contributed by atoms with van der Waals surface area (Å²) in [7, 11) is 0. The van der Waals surface area contributed by atoms with Crippen molar-refractivity contribution in [1.29, 1.82) is 0 Å². The van der Waals surface area contributed by atoms with Gasteiger partial charge in [-0.05, 0) is 25.0 Å². The van der Waals surface area contributed by atoms with Crippen LogP contribution in [0.2, 0.25) is 0 Å². The fourth-order valence-corrected chi connectivity index (χ4v) is 2.41. The van der Waals surface area contributed by atoms with Gasteiger partial charge in [0.25, 0.3) is 0 Å². The summed E-state index contributed by atoms with van der Waals surface area (Å²) < 4.78 is 11.1. The number of aryl methyl sites for hydroxylation is 1. The van der Waals surface area contributed by atoms with Gasteiger partial charge in [-0.15, -0.1) is 0 Å². The number of ether oxygens (including phenoxy) is 1. The Labute approximate surface area is 99.0 Å². The third-order valence-electron chi connectivity index (χ3n) is 3.46. The lowest BCUT2D eigenvalue weighted by atomic mass is 9.92. The largest absolute Gasteiger partial charge is 0.492 e. The first kappa shape index (κ1) is 10.4. The third kappa shape index (κ3) is 1.32. The maximum Gasteiger partial charge on any atom is 0.342 e. The van der Waals surface area contributed by atoms with Crippen LogP contribution in [-0.4, -0.2) is 6.61 Å².